The van der Waals surface area contributed by atoms with Crippen molar-refractivity contribution in [3.8, 4) is 11.4 Å². The average Bonchev–Trinajstić information content (AvgIpc) is 3.30. The summed E-state index contributed by atoms with van der Waals surface area (Å²) in [5.41, 5.74) is 2.83. The molecule has 10 heteroatoms. The van der Waals surface area contributed by atoms with Crippen LogP contribution in [0.3, 0.4) is 0 Å². The highest BCUT2D eigenvalue weighted by atomic mass is 32.1. The summed E-state index contributed by atoms with van der Waals surface area (Å²) in [6.07, 6.45) is -1.81. The standard InChI is InChI=1S/C21H18F3N5OS/c1-12-17(29-8-9-31-20(29)25-12)11-28-7-6-16-15(10-28)19(30)27-18(26-16)13-2-4-14(5-3-13)21(22,23)24/h2-5,8-9H,6-7,10-11H2,1H3,(H,26,27,30). The summed E-state index contributed by atoms with van der Waals surface area (Å²) in [7, 11) is 0. The van der Waals surface area contributed by atoms with Gasteiger partial charge in [0.15, 0.2) is 4.96 Å². The molecule has 0 saturated heterocycles. The molecule has 0 unspecified atom stereocenters. The zero-order chi connectivity index (χ0) is 21.8. The summed E-state index contributed by atoms with van der Waals surface area (Å²) < 4.78 is 40.5. The number of halogens is 3. The summed E-state index contributed by atoms with van der Waals surface area (Å²) >= 11 is 1.58. The van der Waals surface area contributed by atoms with Crippen molar-refractivity contribution in [2.75, 3.05) is 6.54 Å². The molecule has 4 heterocycles. The summed E-state index contributed by atoms with van der Waals surface area (Å²) in [4.78, 5) is 27.7. The predicted molar refractivity (Wildman–Crippen MR) is 111 cm³/mol. The van der Waals surface area contributed by atoms with Gasteiger partial charge in [0.05, 0.1) is 28.2 Å². The highest BCUT2D eigenvalue weighted by Gasteiger charge is 2.30. The van der Waals surface area contributed by atoms with Crippen molar-refractivity contribution in [1.29, 1.82) is 0 Å². The number of alkyl halides is 3. The Kier molecular flexibility index (Phi) is 4.71. The van der Waals surface area contributed by atoms with E-state index in [0.29, 0.717) is 36.3 Å². The number of aromatic nitrogens is 4. The van der Waals surface area contributed by atoms with E-state index in [1.54, 1.807) is 11.3 Å². The Morgan fingerprint density at radius 2 is 1.97 bits per heavy atom. The van der Waals surface area contributed by atoms with Crippen LogP contribution < -0.4 is 5.56 Å². The summed E-state index contributed by atoms with van der Waals surface area (Å²) in [6, 6.07) is 4.65. The second-order valence-corrected chi connectivity index (χ2v) is 8.45. The molecule has 1 aromatic carbocycles. The third kappa shape index (κ3) is 3.66. The Labute approximate surface area is 179 Å². The summed E-state index contributed by atoms with van der Waals surface area (Å²) in [6.45, 7) is 3.84. The molecule has 6 nitrogen and oxygen atoms in total. The number of aryl methyl sites for hydroxylation is 1. The number of aromatic amines is 1. The van der Waals surface area contributed by atoms with Crippen LogP contribution in [0.2, 0.25) is 0 Å². The first-order valence-electron chi connectivity index (χ1n) is 9.72. The smallest absolute Gasteiger partial charge is 0.306 e. The monoisotopic (exact) mass is 445 g/mol. The molecular formula is C21H18F3N5OS. The summed E-state index contributed by atoms with van der Waals surface area (Å²) in [5.74, 6) is 0.289. The molecule has 31 heavy (non-hydrogen) atoms. The van der Waals surface area contributed by atoms with Gasteiger partial charge in [-0.1, -0.05) is 12.1 Å². The number of nitrogens with one attached hydrogen (secondary N) is 1. The van der Waals surface area contributed by atoms with Gasteiger partial charge in [0.2, 0.25) is 0 Å². The Balaban J connectivity index is 1.40. The van der Waals surface area contributed by atoms with Crippen LogP contribution in [0.25, 0.3) is 16.3 Å². The van der Waals surface area contributed by atoms with Crippen LogP contribution >= 0.6 is 11.3 Å². The van der Waals surface area contributed by atoms with Crippen molar-refractivity contribution in [1.82, 2.24) is 24.3 Å². The second-order valence-electron chi connectivity index (χ2n) is 7.58. The number of hydrogen-bond donors (Lipinski definition) is 1. The molecule has 1 N–H and O–H groups in total. The topological polar surface area (TPSA) is 66.3 Å². The molecule has 1 aliphatic rings. The van der Waals surface area contributed by atoms with E-state index in [4.69, 9.17) is 0 Å². The van der Waals surface area contributed by atoms with E-state index >= 15 is 0 Å². The number of benzene rings is 1. The fraction of sp³-hybridized carbons (Fsp3) is 0.286. The maximum absolute atomic E-state index is 12.8. The van der Waals surface area contributed by atoms with E-state index in [0.717, 1.165) is 35.0 Å². The molecule has 0 aliphatic carbocycles. The number of nitrogens with zero attached hydrogens (tertiary/aromatic N) is 4. The van der Waals surface area contributed by atoms with E-state index in [-0.39, 0.29) is 11.4 Å². The van der Waals surface area contributed by atoms with Gasteiger partial charge in [-0.05, 0) is 19.1 Å². The highest BCUT2D eigenvalue weighted by molar-refractivity contribution is 7.15. The molecule has 0 saturated carbocycles. The normalized spacial score (nSPS) is 14.8. The lowest BCUT2D eigenvalue weighted by molar-refractivity contribution is -0.137. The van der Waals surface area contributed by atoms with Crippen LogP contribution in [-0.2, 0) is 25.7 Å². The molecule has 3 aromatic heterocycles. The first-order valence-corrected chi connectivity index (χ1v) is 10.6. The van der Waals surface area contributed by atoms with Crippen molar-refractivity contribution >= 4 is 16.3 Å². The Morgan fingerprint density at radius 1 is 1.19 bits per heavy atom. The molecule has 0 fully saturated rings. The first kappa shape index (κ1) is 20.0. The SMILES string of the molecule is Cc1nc2sccn2c1CN1CCc2nc(-c3ccc(C(F)(F)F)cc3)[nH]c(=O)c2C1. The van der Waals surface area contributed by atoms with E-state index in [9.17, 15) is 18.0 Å². The van der Waals surface area contributed by atoms with Crippen molar-refractivity contribution in [2.45, 2.75) is 32.6 Å². The molecule has 1 aliphatic heterocycles. The van der Waals surface area contributed by atoms with Crippen LogP contribution in [0.4, 0.5) is 13.2 Å². The third-order valence-electron chi connectivity index (χ3n) is 5.57. The lowest BCUT2D eigenvalue weighted by Crippen LogP contribution is -2.35. The number of thiazole rings is 1. The summed E-state index contributed by atoms with van der Waals surface area (Å²) in [5, 5.41) is 1.99. The van der Waals surface area contributed by atoms with Crippen LogP contribution in [0, 0.1) is 6.92 Å². The van der Waals surface area contributed by atoms with Crippen LogP contribution in [0.15, 0.2) is 40.6 Å². The minimum Gasteiger partial charge on any atom is -0.306 e. The van der Waals surface area contributed by atoms with Gasteiger partial charge in [-0.25, -0.2) is 9.97 Å². The van der Waals surface area contributed by atoms with Crippen molar-refractivity contribution in [3.05, 3.63) is 74.4 Å². The molecule has 0 bridgehead atoms. The zero-order valence-corrected chi connectivity index (χ0v) is 17.3. The van der Waals surface area contributed by atoms with E-state index in [2.05, 4.69) is 24.3 Å². The van der Waals surface area contributed by atoms with Crippen molar-refractivity contribution < 1.29 is 13.2 Å². The van der Waals surface area contributed by atoms with Crippen molar-refractivity contribution in [3.63, 3.8) is 0 Å². The van der Waals surface area contributed by atoms with E-state index in [1.807, 2.05) is 18.5 Å². The van der Waals surface area contributed by atoms with Gasteiger partial charge in [0.1, 0.15) is 5.82 Å². The number of rotatable bonds is 3. The number of imidazole rings is 1. The minimum absolute atomic E-state index is 0.254. The van der Waals surface area contributed by atoms with Crippen molar-refractivity contribution in [2.24, 2.45) is 0 Å². The van der Waals surface area contributed by atoms with Gasteiger partial charge in [-0.15, -0.1) is 11.3 Å². The number of H-pyrrole nitrogens is 1. The maximum atomic E-state index is 12.8. The fourth-order valence-electron chi connectivity index (χ4n) is 3.91. The Hall–Kier alpha value is -2.98. The van der Waals surface area contributed by atoms with Crippen LogP contribution in [0.5, 0.6) is 0 Å². The van der Waals surface area contributed by atoms with Gasteiger partial charge in [-0.3, -0.25) is 14.1 Å². The molecule has 0 atom stereocenters. The zero-order valence-electron chi connectivity index (χ0n) is 16.5. The first-order chi connectivity index (χ1) is 14.8. The lowest BCUT2D eigenvalue weighted by Gasteiger charge is -2.27. The van der Waals surface area contributed by atoms with Gasteiger partial charge >= 0.3 is 6.18 Å². The quantitative estimate of drug-likeness (QED) is 0.517. The van der Waals surface area contributed by atoms with Crippen LogP contribution in [0.1, 0.15) is 28.2 Å². The van der Waals surface area contributed by atoms with Crippen LogP contribution in [-0.4, -0.2) is 30.8 Å². The minimum atomic E-state index is -4.40. The molecule has 0 amide bonds. The Bertz CT molecular complexity index is 1320. The molecule has 5 rings (SSSR count). The molecule has 160 valence electrons. The predicted octanol–water partition coefficient (Wildman–Crippen LogP) is 4.03. The molecule has 4 aromatic rings. The van der Waals surface area contributed by atoms with E-state index in [1.165, 1.54) is 12.1 Å². The molecule has 0 spiro atoms. The van der Waals surface area contributed by atoms with Gasteiger partial charge in [-0.2, -0.15) is 13.2 Å². The van der Waals surface area contributed by atoms with Gasteiger partial charge < -0.3 is 4.98 Å². The Morgan fingerprint density at radius 3 is 2.71 bits per heavy atom. The average molecular weight is 445 g/mol. The molecule has 0 radical (unpaired) electrons. The molecular weight excluding hydrogens is 427 g/mol. The maximum Gasteiger partial charge on any atom is 0.416 e. The lowest BCUT2D eigenvalue weighted by atomic mass is 10.1. The highest BCUT2D eigenvalue weighted by Crippen LogP contribution is 2.30. The van der Waals surface area contributed by atoms with Gasteiger partial charge in [0.25, 0.3) is 5.56 Å². The fourth-order valence-corrected chi connectivity index (χ4v) is 4.69. The van der Waals surface area contributed by atoms with E-state index < -0.39 is 11.7 Å². The third-order valence-corrected chi connectivity index (χ3v) is 6.32. The number of hydrogen-bond acceptors (Lipinski definition) is 5. The van der Waals surface area contributed by atoms with Gasteiger partial charge in [0, 0.05) is 43.2 Å². The number of fused-ring (bicyclic) bond motifs is 2. The largest absolute Gasteiger partial charge is 0.416 e. The second kappa shape index (κ2) is 7.31.